The fourth-order valence-corrected chi connectivity index (χ4v) is 4.31. The first kappa shape index (κ1) is 18.9. The summed E-state index contributed by atoms with van der Waals surface area (Å²) in [7, 11) is 1.59. The Bertz CT molecular complexity index is 657. The van der Waals surface area contributed by atoms with E-state index in [2.05, 4.69) is 0 Å². The molecule has 1 amide bonds. The number of aliphatic hydroxyl groups is 1. The smallest absolute Gasteiger partial charge is 0.314 e. The fourth-order valence-electron chi connectivity index (χ4n) is 4.31. The van der Waals surface area contributed by atoms with Crippen LogP contribution in [0.3, 0.4) is 0 Å². The third-order valence-corrected chi connectivity index (χ3v) is 6.04. The zero-order valence-corrected chi connectivity index (χ0v) is 15.2. The predicted octanol–water partition coefficient (Wildman–Crippen LogP) is 1.71. The van der Waals surface area contributed by atoms with Crippen LogP contribution in [-0.2, 0) is 20.7 Å². The number of carboxylic acids is 1. The number of nitrogens with zero attached hydrogens (tertiary/aromatic N) is 1. The lowest BCUT2D eigenvalue weighted by atomic mass is 9.67. The summed E-state index contributed by atoms with van der Waals surface area (Å²) >= 11 is 0. The van der Waals surface area contributed by atoms with E-state index in [4.69, 9.17) is 4.74 Å². The van der Waals surface area contributed by atoms with Gasteiger partial charge in [0.05, 0.1) is 18.1 Å². The number of carbonyl (C=O) groups is 2. The van der Waals surface area contributed by atoms with E-state index in [1.165, 1.54) is 0 Å². The van der Waals surface area contributed by atoms with Crippen LogP contribution in [0.5, 0.6) is 0 Å². The molecule has 6 nitrogen and oxygen atoms in total. The van der Waals surface area contributed by atoms with Crippen LogP contribution in [0.25, 0.3) is 0 Å². The van der Waals surface area contributed by atoms with Gasteiger partial charge in [0.15, 0.2) is 0 Å². The minimum atomic E-state index is -1.38. The Kier molecular flexibility index (Phi) is 5.34. The molecule has 2 atom stereocenters. The van der Waals surface area contributed by atoms with Crippen molar-refractivity contribution in [1.29, 1.82) is 0 Å². The predicted molar refractivity (Wildman–Crippen MR) is 95.6 cm³/mol. The zero-order chi connectivity index (χ0) is 18.8. The molecule has 1 saturated carbocycles. The molecule has 0 radical (unpaired) electrons. The zero-order valence-electron chi connectivity index (χ0n) is 15.2. The summed E-state index contributed by atoms with van der Waals surface area (Å²) in [4.78, 5) is 27.0. The lowest BCUT2D eigenvalue weighted by Crippen LogP contribution is -2.61. The van der Waals surface area contributed by atoms with Crippen molar-refractivity contribution in [1.82, 2.24) is 4.90 Å². The van der Waals surface area contributed by atoms with E-state index >= 15 is 0 Å². The van der Waals surface area contributed by atoms with Crippen molar-refractivity contribution in [3.63, 3.8) is 0 Å². The Labute approximate surface area is 153 Å². The summed E-state index contributed by atoms with van der Waals surface area (Å²) in [5, 5.41) is 20.6. The molecule has 2 N–H and O–H groups in total. The van der Waals surface area contributed by atoms with Gasteiger partial charge in [0, 0.05) is 20.2 Å². The van der Waals surface area contributed by atoms with Crippen molar-refractivity contribution in [2.75, 3.05) is 26.8 Å². The highest BCUT2D eigenvalue weighted by Crippen LogP contribution is 2.44. The van der Waals surface area contributed by atoms with Crippen LogP contribution in [0.2, 0.25) is 0 Å². The van der Waals surface area contributed by atoms with Crippen LogP contribution < -0.4 is 0 Å². The number of rotatable bonds is 6. The van der Waals surface area contributed by atoms with E-state index < -0.39 is 22.9 Å². The normalized spacial score (nSPS) is 27.6. The lowest BCUT2D eigenvalue weighted by Gasteiger charge is -2.48. The monoisotopic (exact) mass is 361 g/mol. The largest absolute Gasteiger partial charge is 0.481 e. The van der Waals surface area contributed by atoms with Gasteiger partial charge in [-0.05, 0) is 31.2 Å². The third kappa shape index (κ3) is 3.23. The average molecular weight is 361 g/mol. The highest BCUT2D eigenvalue weighted by molar-refractivity contribution is 5.85. The Morgan fingerprint density at radius 3 is 2.50 bits per heavy atom. The molecule has 2 aliphatic rings. The van der Waals surface area contributed by atoms with Crippen molar-refractivity contribution in [2.45, 2.75) is 38.2 Å². The second-order valence-electron chi connectivity index (χ2n) is 7.72. The standard InChI is InChI=1S/C20H27NO5/c1-26-14-19(9-5-10-19)17(23)21-11-8-16(22)20(13-21,18(24)25)12-15-6-3-2-4-7-15/h2-4,6-7,16,22H,5,8-14H2,1H3,(H,24,25)/t16-,20-/m1/s1. The molecule has 1 aliphatic carbocycles. The number of benzene rings is 1. The molecular weight excluding hydrogens is 334 g/mol. The summed E-state index contributed by atoms with van der Waals surface area (Å²) in [5.41, 5.74) is -1.06. The molecule has 1 heterocycles. The number of aliphatic carboxylic acids is 1. The Morgan fingerprint density at radius 2 is 1.96 bits per heavy atom. The number of carboxylic acid groups (broad SMARTS) is 1. The van der Waals surface area contributed by atoms with Gasteiger partial charge in [0.2, 0.25) is 5.91 Å². The van der Waals surface area contributed by atoms with Gasteiger partial charge >= 0.3 is 5.97 Å². The number of likely N-dealkylation sites (tertiary alicyclic amines) is 1. The SMILES string of the molecule is COCC1(C(=O)N2CC[C@@H](O)[C@](Cc3ccccc3)(C(=O)O)C2)CCC1. The summed E-state index contributed by atoms with van der Waals surface area (Å²) in [5.74, 6) is -1.09. The van der Waals surface area contributed by atoms with Gasteiger partial charge < -0.3 is 19.8 Å². The van der Waals surface area contributed by atoms with Gasteiger partial charge in [-0.1, -0.05) is 36.8 Å². The molecule has 2 fully saturated rings. The molecule has 3 rings (SSSR count). The van der Waals surface area contributed by atoms with Gasteiger partial charge in [-0.15, -0.1) is 0 Å². The molecule has 6 heteroatoms. The van der Waals surface area contributed by atoms with Crippen molar-refractivity contribution in [3.05, 3.63) is 35.9 Å². The first-order valence-electron chi connectivity index (χ1n) is 9.17. The maximum atomic E-state index is 13.1. The van der Waals surface area contributed by atoms with Crippen molar-refractivity contribution in [2.24, 2.45) is 10.8 Å². The molecule has 1 saturated heterocycles. The lowest BCUT2D eigenvalue weighted by molar-refractivity contribution is -0.172. The van der Waals surface area contributed by atoms with Gasteiger partial charge in [0.25, 0.3) is 0 Å². The topological polar surface area (TPSA) is 87.1 Å². The van der Waals surface area contributed by atoms with E-state index in [-0.39, 0.29) is 25.3 Å². The molecule has 1 aromatic rings. The van der Waals surface area contributed by atoms with Crippen LogP contribution in [0.15, 0.2) is 30.3 Å². The van der Waals surface area contributed by atoms with Crippen LogP contribution in [0.4, 0.5) is 0 Å². The van der Waals surface area contributed by atoms with Crippen LogP contribution >= 0.6 is 0 Å². The number of piperidine rings is 1. The van der Waals surface area contributed by atoms with Gasteiger partial charge in [-0.3, -0.25) is 9.59 Å². The number of carbonyl (C=O) groups excluding carboxylic acids is 1. The molecular formula is C20H27NO5. The molecule has 0 bridgehead atoms. The number of amides is 1. The van der Waals surface area contributed by atoms with E-state index in [0.717, 1.165) is 24.8 Å². The van der Waals surface area contributed by atoms with Crippen LogP contribution in [0.1, 0.15) is 31.2 Å². The highest BCUT2D eigenvalue weighted by atomic mass is 16.5. The molecule has 0 spiro atoms. The van der Waals surface area contributed by atoms with Crippen molar-refractivity contribution in [3.8, 4) is 0 Å². The van der Waals surface area contributed by atoms with Gasteiger partial charge in [-0.25, -0.2) is 0 Å². The van der Waals surface area contributed by atoms with E-state index in [9.17, 15) is 19.8 Å². The number of aliphatic hydroxyl groups excluding tert-OH is 1. The molecule has 0 aromatic heterocycles. The van der Waals surface area contributed by atoms with Crippen LogP contribution in [-0.4, -0.2) is 59.9 Å². The Morgan fingerprint density at radius 1 is 1.27 bits per heavy atom. The summed E-state index contributed by atoms with van der Waals surface area (Å²) in [6, 6.07) is 9.29. The molecule has 1 aliphatic heterocycles. The average Bonchev–Trinajstić information content (AvgIpc) is 2.60. The summed E-state index contributed by atoms with van der Waals surface area (Å²) < 4.78 is 5.26. The second-order valence-corrected chi connectivity index (χ2v) is 7.72. The molecule has 26 heavy (non-hydrogen) atoms. The quantitative estimate of drug-likeness (QED) is 0.805. The second kappa shape index (κ2) is 7.37. The van der Waals surface area contributed by atoms with E-state index in [1.807, 2.05) is 30.3 Å². The number of ether oxygens (including phenoxy) is 1. The number of hydrogen-bond donors (Lipinski definition) is 2. The summed E-state index contributed by atoms with van der Waals surface area (Å²) in [6.07, 6.45) is 2.03. The maximum Gasteiger partial charge on any atom is 0.314 e. The minimum Gasteiger partial charge on any atom is -0.481 e. The molecule has 1 aromatic carbocycles. The van der Waals surface area contributed by atoms with Crippen molar-refractivity contribution >= 4 is 11.9 Å². The Hall–Kier alpha value is -1.92. The summed E-state index contributed by atoms with van der Waals surface area (Å²) in [6.45, 7) is 0.779. The van der Waals surface area contributed by atoms with E-state index in [0.29, 0.717) is 13.2 Å². The molecule has 142 valence electrons. The third-order valence-electron chi connectivity index (χ3n) is 6.04. The van der Waals surface area contributed by atoms with Gasteiger partial charge in [0.1, 0.15) is 5.41 Å². The van der Waals surface area contributed by atoms with Gasteiger partial charge in [-0.2, -0.15) is 0 Å². The first-order valence-corrected chi connectivity index (χ1v) is 9.17. The van der Waals surface area contributed by atoms with E-state index in [1.54, 1.807) is 12.0 Å². The fraction of sp³-hybridized carbons (Fsp3) is 0.600. The van der Waals surface area contributed by atoms with Crippen molar-refractivity contribution < 1.29 is 24.5 Å². The Balaban J connectivity index is 1.85. The number of hydrogen-bond acceptors (Lipinski definition) is 4. The minimum absolute atomic E-state index is 0.0304. The van der Waals surface area contributed by atoms with Crippen LogP contribution in [0, 0.1) is 10.8 Å². The highest BCUT2D eigenvalue weighted by Gasteiger charge is 2.53. The number of methoxy groups -OCH3 is 1. The molecule has 0 unspecified atom stereocenters. The first-order chi connectivity index (χ1) is 12.4. The maximum absolute atomic E-state index is 13.1.